The van der Waals surface area contributed by atoms with Crippen molar-refractivity contribution in [2.45, 2.75) is 27.2 Å². The summed E-state index contributed by atoms with van der Waals surface area (Å²) in [5.74, 6) is 5.66. The number of nitrogens with zero attached hydrogens (tertiary/aromatic N) is 2. The van der Waals surface area contributed by atoms with Crippen LogP contribution in [0, 0.1) is 17.3 Å². The van der Waals surface area contributed by atoms with Crippen molar-refractivity contribution >= 4 is 5.91 Å². The van der Waals surface area contributed by atoms with Crippen molar-refractivity contribution in [1.82, 2.24) is 9.88 Å². The first-order valence-corrected chi connectivity index (χ1v) is 6.64. The molecule has 1 aromatic rings. The molecule has 0 radical (unpaired) electrons. The molecule has 0 saturated heterocycles. The number of carbonyl (C=O) groups excluding carboxylic acids is 1. The first-order valence-electron chi connectivity index (χ1n) is 6.64. The topological polar surface area (TPSA) is 53.4 Å². The molecule has 1 N–H and O–H groups in total. The third kappa shape index (κ3) is 5.02. The van der Waals surface area contributed by atoms with Gasteiger partial charge in [0.05, 0.1) is 17.7 Å². The molecular formula is C16H22N2O2. The van der Waals surface area contributed by atoms with E-state index in [0.29, 0.717) is 24.1 Å². The van der Waals surface area contributed by atoms with E-state index >= 15 is 0 Å². The lowest BCUT2D eigenvalue weighted by atomic mass is 9.96. The van der Waals surface area contributed by atoms with Crippen LogP contribution in [0.25, 0.3) is 0 Å². The maximum atomic E-state index is 12.5. The van der Waals surface area contributed by atoms with Gasteiger partial charge < -0.3 is 10.0 Å². The number of amides is 1. The van der Waals surface area contributed by atoms with E-state index in [2.05, 4.69) is 37.6 Å². The number of aliphatic hydroxyl groups excluding tert-OH is 1. The molecule has 0 spiro atoms. The number of aromatic nitrogens is 1. The fraction of sp³-hybridized carbons (Fsp3) is 0.500. The van der Waals surface area contributed by atoms with Gasteiger partial charge in [0.15, 0.2) is 0 Å². The summed E-state index contributed by atoms with van der Waals surface area (Å²) in [6.45, 7) is 6.94. The van der Waals surface area contributed by atoms with E-state index in [1.807, 2.05) is 0 Å². The summed E-state index contributed by atoms with van der Waals surface area (Å²) in [4.78, 5) is 18.2. The molecule has 0 bridgehead atoms. The Balaban J connectivity index is 2.96. The van der Waals surface area contributed by atoms with Crippen LogP contribution in [0.4, 0.5) is 0 Å². The average molecular weight is 274 g/mol. The van der Waals surface area contributed by atoms with Gasteiger partial charge in [0.1, 0.15) is 0 Å². The summed E-state index contributed by atoms with van der Waals surface area (Å²) in [5.41, 5.74) is 1.20. The third-order valence-electron chi connectivity index (χ3n) is 2.57. The molecule has 1 rings (SSSR count). The van der Waals surface area contributed by atoms with Gasteiger partial charge in [0, 0.05) is 32.4 Å². The van der Waals surface area contributed by atoms with E-state index in [1.165, 1.54) is 0 Å². The van der Waals surface area contributed by atoms with Crippen molar-refractivity contribution < 1.29 is 9.90 Å². The summed E-state index contributed by atoms with van der Waals surface area (Å²) >= 11 is 0. The maximum absolute atomic E-state index is 12.5. The van der Waals surface area contributed by atoms with Crippen molar-refractivity contribution in [3.05, 3.63) is 29.6 Å². The molecule has 0 unspecified atom stereocenters. The van der Waals surface area contributed by atoms with Crippen LogP contribution < -0.4 is 0 Å². The standard InChI is InChI=1S/C16H22N2O2/c1-16(2,3)12-18(4)15(20)14-8-9-17-11-13(14)7-5-6-10-19/h8-9,11,19H,6,10,12H2,1-4H3. The van der Waals surface area contributed by atoms with E-state index in [9.17, 15) is 4.79 Å². The SMILES string of the molecule is CN(CC(C)(C)C)C(=O)c1ccncc1C#CCCO. The van der Waals surface area contributed by atoms with Gasteiger partial charge in [0.25, 0.3) is 5.91 Å². The largest absolute Gasteiger partial charge is 0.395 e. The lowest BCUT2D eigenvalue weighted by Gasteiger charge is -2.26. The van der Waals surface area contributed by atoms with Crippen LogP contribution in [0.15, 0.2) is 18.5 Å². The zero-order chi connectivity index (χ0) is 15.2. The zero-order valence-electron chi connectivity index (χ0n) is 12.6. The number of carbonyl (C=O) groups is 1. The lowest BCUT2D eigenvalue weighted by molar-refractivity contribution is 0.0745. The number of hydrogen-bond donors (Lipinski definition) is 1. The highest BCUT2D eigenvalue weighted by Gasteiger charge is 2.20. The highest BCUT2D eigenvalue weighted by atomic mass is 16.2. The molecule has 108 valence electrons. The van der Waals surface area contributed by atoms with E-state index in [-0.39, 0.29) is 17.9 Å². The fourth-order valence-electron chi connectivity index (χ4n) is 1.88. The number of pyridine rings is 1. The molecule has 0 aromatic carbocycles. The van der Waals surface area contributed by atoms with Crippen molar-refractivity contribution in [2.24, 2.45) is 5.41 Å². The maximum Gasteiger partial charge on any atom is 0.254 e. The molecule has 1 heterocycles. The van der Waals surface area contributed by atoms with Crippen molar-refractivity contribution in [3.63, 3.8) is 0 Å². The van der Waals surface area contributed by atoms with Gasteiger partial charge >= 0.3 is 0 Å². The Labute approximate surface area is 120 Å². The molecule has 0 aliphatic rings. The first kappa shape index (κ1) is 16.2. The predicted octanol–water partition coefficient (Wildman–Crippen LogP) is 1.93. The second-order valence-electron chi connectivity index (χ2n) is 5.92. The zero-order valence-corrected chi connectivity index (χ0v) is 12.6. The molecule has 0 saturated carbocycles. The highest BCUT2D eigenvalue weighted by Crippen LogP contribution is 2.17. The Morgan fingerprint density at radius 3 is 2.75 bits per heavy atom. The van der Waals surface area contributed by atoms with Crippen molar-refractivity contribution in [2.75, 3.05) is 20.2 Å². The van der Waals surface area contributed by atoms with Crippen molar-refractivity contribution in [1.29, 1.82) is 0 Å². The minimum atomic E-state index is -0.0596. The van der Waals surface area contributed by atoms with E-state index < -0.39 is 0 Å². The lowest BCUT2D eigenvalue weighted by Crippen LogP contribution is -2.34. The van der Waals surface area contributed by atoms with Crippen LogP contribution in [-0.4, -0.2) is 41.1 Å². The smallest absolute Gasteiger partial charge is 0.254 e. The van der Waals surface area contributed by atoms with Crippen LogP contribution in [-0.2, 0) is 0 Å². The fourth-order valence-corrected chi connectivity index (χ4v) is 1.88. The van der Waals surface area contributed by atoms with Gasteiger partial charge in [-0.2, -0.15) is 0 Å². The Hall–Kier alpha value is -1.86. The number of hydrogen-bond acceptors (Lipinski definition) is 3. The molecular weight excluding hydrogens is 252 g/mol. The monoisotopic (exact) mass is 274 g/mol. The van der Waals surface area contributed by atoms with Crippen LogP contribution in [0.1, 0.15) is 43.1 Å². The average Bonchev–Trinajstić information content (AvgIpc) is 2.37. The molecule has 1 aromatic heterocycles. The summed E-state index contributed by atoms with van der Waals surface area (Å²) in [5, 5.41) is 8.75. The van der Waals surface area contributed by atoms with Gasteiger partial charge in [0.2, 0.25) is 0 Å². The van der Waals surface area contributed by atoms with Crippen LogP contribution >= 0.6 is 0 Å². The van der Waals surface area contributed by atoms with E-state index in [0.717, 1.165) is 0 Å². The minimum absolute atomic E-state index is 0.0144. The third-order valence-corrected chi connectivity index (χ3v) is 2.57. The number of rotatable bonds is 3. The van der Waals surface area contributed by atoms with Gasteiger partial charge in [-0.05, 0) is 11.5 Å². The minimum Gasteiger partial charge on any atom is -0.395 e. The molecule has 20 heavy (non-hydrogen) atoms. The molecule has 0 atom stereocenters. The van der Waals surface area contributed by atoms with Crippen LogP contribution in [0.2, 0.25) is 0 Å². The molecule has 0 fully saturated rings. The summed E-state index contributed by atoms with van der Waals surface area (Å²) in [7, 11) is 1.79. The van der Waals surface area contributed by atoms with Gasteiger partial charge in [-0.15, -0.1) is 0 Å². The van der Waals surface area contributed by atoms with Gasteiger partial charge in [-0.3, -0.25) is 9.78 Å². The second-order valence-corrected chi connectivity index (χ2v) is 5.92. The van der Waals surface area contributed by atoms with E-state index in [1.54, 1.807) is 30.4 Å². The molecule has 4 nitrogen and oxygen atoms in total. The van der Waals surface area contributed by atoms with Crippen LogP contribution in [0.3, 0.4) is 0 Å². The van der Waals surface area contributed by atoms with E-state index in [4.69, 9.17) is 5.11 Å². The van der Waals surface area contributed by atoms with Crippen LogP contribution in [0.5, 0.6) is 0 Å². The Morgan fingerprint density at radius 1 is 1.45 bits per heavy atom. The molecule has 4 heteroatoms. The Kier molecular flexibility index (Phi) is 5.72. The highest BCUT2D eigenvalue weighted by molar-refractivity contribution is 5.96. The molecule has 0 aliphatic carbocycles. The molecule has 0 aliphatic heterocycles. The van der Waals surface area contributed by atoms with Gasteiger partial charge in [-0.25, -0.2) is 0 Å². The second kappa shape index (κ2) is 7.06. The summed E-state index contributed by atoms with van der Waals surface area (Å²) in [6.07, 6.45) is 3.57. The Morgan fingerprint density at radius 2 is 2.15 bits per heavy atom. The summed E-state index contributed by atoms with van der Waals surface area (Å²) < 4.78 is 0. The predicted molar refractivity (Wildman–Crippen MR) is 79.2 cm³/mol. The normalized spacial score (nSPS) is 10.7. The first-order chi connectivity index (χ1) is 9.35. The van der Waals surface area contributed by atoms with Crippen molar-refractivity contribution in [3.8, 4) is 11.8 Å². The number of aliphatic hydroxyl groups is 1. The Bertz CT molecular complexity index is 521. The summed E-state index contributed by atoms with van der Waals surface area (Å²) in [6, 6.07) is 1.68. The molecule has 1 amide bonds. The quantitative estimate of drug-likeness (QED) is 0.857. The van der Waals surface area contributed by atoms with Gasteiger partial charge in [-0.1, -0.05) is 32.6 Å².